The molecule has 0 aromatic carbocycles. The molecule has 3 rings (SSSR count). The third-order valence-corrected chi connectivity index (χ3v) is 5.22. The second-order valence-corrected chi connectivity index (χ2v) is 7.16. The predicted molar refractivity (Wildman–Crippen MR) is 82.1 cm³/mol. The van der Waals surface area contributed by atoms with Crippen LogP contribution in [-0.2, 0) is 6.54 Å². The van der Waals surface area contributed by atoms with Crippen LogP contribution in [-0.4, -0.2) is 24.6 Å². The number of thiazole rings is 1. The SMILES string of the molecule is CCCNCc1sc(N2CCC(C)C2)nc1C1CC1. The van der Waals surface area contributed by atoms with Gasteiger partial charge in [0.2, 0.25) is 0 Å². The summed E-state index contributed by atoms with van der Waals surface area (Å²) in [5, 5.41) is 4.82. The van der Waals surface area contributed by atoms with Crippen LogP contribution in [0.1, 0.15) is 56.0 Å². The van der Waals surface area contributed by atoms with Crippen molar-refractivity contribution in [1.29, 1.82) is 0 Å². The first-order chi connectivity index (χ1) is 9.28. The summed E-state index contributed by atoms with van der Waals surface area (Å²) in [5.41, 5.74) is 1.41. The van der Waals surface area contributed by atoms with E-state index in [9.17, 15) is 0 Å². The van der Waals surface area contributed by atoms with Gasteiger partial charge in [-0.2, -0.15) is 0 Å². The number of nitrogens with zero attached hydrogens (tertiary/aromatic N) is 2. The van der Waals surface area contributed by atoms with Crippen molar-refractivity contribution in [2.45, 2.75) is 52.0 Å². The first kappa shape index (κ1) is 13.4. The van der Waals surface area contributed by atoms with Gasteiger partial charge in [0.05, 0.1) is 5.69 Å². The minimum atomic E-state index is 0.767. The van der Waals surface area contributed by atoms with Gasteiger partial charge in [-0.15, -0.1) is 11.3 Å². The fourth-order valence-electron chi connectivity index (χ4n) is 2.78. The molecular weight excluding hydrogens is 254 g/mol. The molecule has 0 spiro atoms. The number of hydrogen-bond donors (Lipinski definition) is 1. The molecule has 4 heteroatoms. The lowest BCUT2D eigenvalue weighted by molar-refractivity contribution is 0.659. The Hall–Kier alpha value is -0.610. The molecule has 0 radical (unpaired) electrons. The maximum absolute atomic E-state index is 4.97. The zero-order valence-electron chi connectivity index (χ0n) is 12.1. The highest BCUT2D eigenvalue weighted by atomic mass is 32.1. The molecule has 0 bridgehead atoms. The van der Waals surface area contributed by atoms with E-state index in [2.05, 4.69) is 24.1 Å². The fourth-order valence-corrected chi connectivity index (χ4v) is 3.93. The topological polar surface area (TPSA) is 28.2 Å². The second-order valence-electron chi connectivity index (χ2n) is 6.10. The van der Waals surface area contributed by atoms with Gasteiger partial charge in [0, 0.05) is 30.4 Å². The number of aromatic nitrogens is 1. The molecule has 19 heavy (non-hydrogen) atoms. The van der Waals surface area contributed by atoms with Gasteiger partial charge in [0.25, 0.3) is 0 Å². The van der Waals surface area contributed by atoms with E-state index < -0.39 is 0 Å². The molecule has 3 nitrogen and oxygen atoms in total. The van der Waals surface area contributed by atoms with Crippen molar-refractivity contribution >= 4 is 16.5 Å². The van der Waals surface area contributed by atoms with Crippen molar-refractivity contribution in [2.75, 3.05) is 24.5 Å². The van der Waals surface area contributed by atoms with Gasteiger partial charge >= 0.3 is 0 Å². The quantitative estimate of drug-likeness (QED) is 0.809. The first-order valence-corrected chi connectivity index (χ1v) is 8.54. The summed E-state index contributed by atoms with van der Waals surface area (Å²) in [5.74, 6) is 1.60. The summed E-state index contributed by atoms with van der Waals surface area (Å²) in [7, 11) is 0. The number of anilines is 1. The molecule has 1 atom stereocenters. The van der Waals surface area contributed by atoms with Gasteiger partial charge in [-0.1, -0.05) is 13.8 Å². The monoisotopic (exact) mass is 279 g/mol. The van der Waals surface area contributed by atoms with Crippen molar-refractivity contribution in [3.05, 3.63) is 10.6 Å². The molecule has 1 saturated carbocycles. The molecule has 1 saturated heterocycles. The summed E-state index contributed by atoms with van der Waals surface area (Å²) in [6, 6.07) is 0. The lowest BCUT2D eigenvalue weighted by Gasteiger charge is -2.13. The van der Waals surface area contributed by atoms with Crippen LogP contribution in [0, 0.1) is 5.92 Å². The summed E-state index contributed by atoms with van der Waals surface area (Å²) in [4.78, 5) is 8.95. The Kier molecular flexibility index (Phi) is 4.08. The van der Waals surface area contributed by atoms with Crippen molar-refractivity contribution in [1.82, 2.24) is 10.3 Å². The van der Waals surface area contributed by atoms with Crippen LogP contribution in [0.3, 0.4) is 0 Å². The molecule has 2 aliphatic rings. The van der Waals surface area contributed by atoms with E-state index in [-0.39, 0.29) is 0 Å². The lowest BCUT2D eigenvalue weighted by Crippen LogP contribution is -2.18. The van der Waals surface area contributed by atoms with Gasteiger partial charge in [0.15, 0.2) is 5.13 Å². The van der Waals surface area contributed by atoms with Crippen LogP contribution in [0.5, 0.6) is 0 Å². The maximum Gasteiger partial charge on any atom is 0.185 e. The maximum atomic E-state index is 4.97. The Labute approximate surface area is 120 Å². The number of rotatable bonds is 6. The zero-order chi connectivity index (χ0) is 13.2. The minimum Gasteiger partial charge on any atom is -0.348 e. The van der Waals surface area contributed by atoms with Crippen molar-refractivity contribution in [2.24, 2.45) is 5.92 Å². The molecule has 1 aliphatic carbocycles. The molecule has 1 aromatic rings. The van der Waals surface area contributed by atoms with Gasteiger partial charge < -0.3 is 10.2 Å². The molecule has 1 N–H and O–H groups in total. The molecule has 0 amide bonds. The second kappa shape index (κ2) is 5.80. The zero-order valence-corrected chi connectivity index (χ0v) is 12.9. The molecule has 1 aromatic heterocycles. The summed E-state index contributed by atoms with van der Waals surface area (Å²) >= 11 is 1.93. The van der Waals surface area contributed by atoms with Crippen LogP contribution < -0.4 is 10.2 Å². The highest BCUT2D eigenvalue weighted by Gasteiger charge is 2.31. The van der Waals surface area contributed by atoms with Crippen LogP contribution in [0.25, 0.3) is 0 Å². The third kappa shape index (κ3) is 3.11. The van der Waals surface area contributed by atoms with Crippen LogP contribution in [0.15, 0.2) is 0 Å². The average Bonchev–Trinajstić information content (AvgIpc) is 3.01. The Balaban J connectivity index is 1.72. The predicted octanol–water partition coefficient (Wildman–Crippen LogP) is 3.37. The summed E-state index contributed by atoms with van der Waals surface area (Å²) in [6.07, 6.45) is 5.22. The van der Waals surface area contributed by atoms with E-state index >= 15 is 0 Å². The normalized spacial score (nSPS) is 23.3. The molecular formula is C15H25N3S. The smallest absolute Gasteiger partial charge is 0.185 e. The Morgan fingerprint density at radius 1 is 1.37 bits per heavy atom. The van der Waals surface area contributed by atoms with E-state index in [4.69, 9.17) is 4.98 Å². The Morgan fingerprint density at radius 3 is 2.84 bits per heavy atom. The van der Waals surface area contributed by atoms with Gasteiger partial charge in [-0.05, 0) is 38.1 Å². The van der Waals surface area contributed by atoms with Gasteiger partial charge in [0.1, 0.15) is 0 Å². The van der Waals surface area contributed by atoms with Crippen LogP contribution in [0.2, 0.25) is 0 Å². The van der Waals surface area contributed by atoms with Gasteiger partial charge in [-0.3, -0.25) is 0 Å². The Morgan fingerprint density at radius 2 is 2.21 bits per heavy atom. The molecule has 2 heterocycles. The molecule has 1 aliphatic heterocycles. The average molecular weight is 279 g/mol. The van der Waals surface area contributed by atoms with Crippen LogP contribution in [0.4, 0.5) is 5.13 Å². The van der Waals surface area contributed by atoms with Gasteiger partial charge in [-0.25, -0.2) is 4.98 Å². The van der Waals surface area contributed by atoms with E-state index in [0.29, 0.717) is 0 Å². The van der Waals surface area contributed by atoms with E-state index in [1.54, 1.807) is 0 Å². The molecule has 1 unspecified atom stereocenters. The van der Waals surface area contributed by atoms with Crippen molar-refractivity contribution in [3.63, 3.8) is 0 Å². The largest absolute Gasteiger partial charge is 0.348 e. The summed E-state index contributed by atoms with van der Waals surface area (Å²) < 4.78 is 0. The van der Waals surface area contributed by atoms with E-state index in [0.717, 1.165) is 24.9 Å². The first-order valence-electron chi connectivity index (χ1n) is 7.73. The third-order valence-electron chi connectivity index (χ3n) is 4.09. The Bertz CT molecular complexity index is 425. The van der Waals surface area contributed by atoms with Crippen molar-refractivity contribution < 1.29 is 0 Å². The molecule has 2 fully saturated rings. The van der Waals surface area contributed by atoms with Crippen LogP contribution >= 0.6 is 11.3 Å². The number of nitrogens with one attached hydrogen (secondary N) is 1. The van der Waals surface area contributed by atoms with E-state index in [1.165, 1.54) is 54.5 Å². The highest BCUT2D eigenvalue weighted by molar-refractivity contribution is 7.15. The number of hydrogen-bond acceptors (Lipinski definition) is 4. The van der Waals surface area contributed by atoms with Crippen molar-refractivity contribution in [3.8, 4) is 0 Å². The minimum absolute atomic E-state index is 0.767. The summed E-state index contributed by atoms with van der Waals surface area (Å²) in [6.45, 7) is 9.08. The molecule has 106 valence electrons. The van der Waals surface area contributed by atoms with E-state index in [1.807, 2.05) is 11.3 Å². The lowest BCUT2D eigenvalue weighted by atomic mass is 10.2. The highest BCUT2D eigenvalue weighted by Crippen LogP contribution is 2.44. The fraction of sp³-hybridized carbons (Fsp3) is 0.800. The standard InChI is InChI=1S/C15H25N3S/c1-3-7-16-9-13-14(12-4-5-12)17-15(19-13)18-8-6-11(2)10-18/h11-12,16H,3-10H2,1-2H3.